The Morgan fingerprint density at radius 2 is 1.94 bits per heavy atom. The van der Waals surface area contributed by atoms with Crippen molar-refractivity contribution in [2.45, 2.75) is 44.0 Å². The third-order valence-electron chi connectivity index (χ3n) is 3.31. The van der Waals surface area contributed by atoms with E-state index in [1.54, 1.807) is 12.1 Å². The average Bonchev–Trinajstić information content (AvgIpc) is 2.28. The van der Waals surface area contributed by atoms with Crippen LogP contribution in [0.4, 0.5) is 0 Å². The maximum Gasteiger partial charge on any atom is 0.264 e. The maximum absolute atomic E-state index is 12.5. The fourth-order valence-electron chi connectivity index (χ4n) is 2.33. The van der Waals surface area contributed by atoms with Gasteiger partial charge in [-0.1, -0.05) is 37.6 Å². The van der Waals surface area contributed by atoms with Crippen LogP contribution in [0.3, 0.4) is 0 Å². The highest BCUT2D eigenvalue weighted by molar-refractivity contribution is 7.89. The van der Waals surface area contributed by atoms with E-state index in [4.69, 9.17) is 0 Å². The number of hydrogen-bond donors (Lipinski definition) is 0. The minimum Gasteiger partial charge on any atom is -0.267 e. The molecule has 1 saturated heterocycles. The molecule has 3 nitrogen and oxygen atoms in total. The van der Waals surface area contributed by atoms with Gasteiger partial charge >= 0.3 is 0 Å². The van der Waals surface area contributed by atoms with Crippen LogP contribution in [0.1, 0.15) is 31.7 Å². The monoisotopic (exact) mass is 265 g/mol. The molecule has 1 unspecified atom stereocenters. The molecule has 4 heteroatoms. The molecule has 0 aliphatic carbocycles. The summed E-state index contributed by atoms with van der Waals surface area (Å²) in [6, 6.07) is 7.07. The third kappa shape index (κ3) is 2.17. The van der Waals surface area contributed by atoms with Gasteiger partial charge in [-0.3, -0.25) is 4.31 Å². The molecule has 0 radical (unpaired) electrons. The lowest BCUT2D eigenvalue weighted by Crippen LogP contribution is -2.48. The molecular formula is C14H19NO2S. The summed E-state index contributed by atoms with van der Waals surface area (Å²) in [5.41, 5.74) is 1.76. The first-order valence-electron chi connectivity index (χ1n) is 6.25. The Labute approximate surface area is 109 Å². The quantitative estimate of drug-likeness (QED) is 0.839. The SMILES string of the molecule is C=C1CC(CCC)N1S(=O)(=O)c1ccc(C)cc1. The van der Waals surface area contributed by atoms with Crippen LogP contribution in [0.15, 0.2) is 41.4 Å². The standard InChI is InChI=1S/C14H19NO2S/c1-4-5-13-10-12(3)15(13)18(16,17)14-8-6-11(2)7-9-14/h6-9,13H,3-5,10H2,1-2H3. The minimum atomic E-state index is -3.41. The van der Waals surface area contributed by atoms with Crippen LogP contribution in [-0.4, -0.2) is 18.8 Å². The van der Waals surface area contributed by atoms with Crippen LogP contribution in [0.5, 0.6) is 0 Å². The summed E-state index contributed by atoms with van der Waals surface area (Å²) in [4.78, 5) is 0.357. The fourth-order valence-corrected chi connectivity index (χ4v) is 4.03. The van der Waals surface area contributed by atoms with Crippen LogP contribution < -0.4 is 0 Å². The molecule has 1 aliphatic rings. The predicted molar refractivity (Wildman–Crippen MR) is 72.7 cm³/mol. The van der Waals surface area contributed by atoms with Crippen LogP contribution in [0.2, 0.25) is 0 Å². The molecule has 0 N–H and O–H groups in total. The van der Waals surface area contributed by atoms with E-state index in [2.05, 4.69) is 13.5 Å². The first-order valence-corrected chi connectivity index (χ1v) is 7.69. The number of rotatable bonds is 4. The molecule has 0 amide bonds. The zero-order chi connectivity index (χ0) is 13.3. The van der Waals surface area contributed by atoms with Gasteiger partial charge in [0.2, 0.25) is 0 Å². The molecule has 1 heterocycles. The molecule has 1 aromatic rings. The summed E-state index contributed by atoms with van der Waals surface area (Å²) in [5.74, 6) is 0. The summed E-state index contributed by atoms with van der Waals surface area (Å²) in [6.07, 6.45) is 2.67. The van der Waals surface area contributed by atoms with Gasteiger partial charge in [0.05, 0.1) is 10.9 Å². The van der Waals surface area contributed by atoms with Gasteiger partial charge in [-0.25, -0.2) is 8.42 Å². The van der Waals surface area contributed by atoms with Gasteiger partial charge in [-0.15, -0.1) is 0 Å². The normalized spacial score (nSPS) is 19.8. The van der Waals surface area contributed by atoms with E-state index in [0.717, 1.165) is 24.8 Å². The minimum absolute atomic E-state index is 0.0915. The van der Waals surface area contributed by atoms with Crippen LogP contribution >= 0.6 is 0 Å². The van der Waals surface area contributed by atoms with Gasteiger partial charge in [0.15, 0.2) is 0 Å². The molecule has 1 atom stereocenters. The molecule has 1 aliphatic heterocycles. The predicted octanol–water partition coefficient (Wildman–Crippen LogP) is 3.07. The topological polar surface area (TPSA) is 37.4 Å². The van der Waals surface area contributed by atoms with Gasteiger partial charge < -0.3 is 0 Å². The maximum atomic E-state index is 12.5. The van der Waals surface area contributed by atoms with E-state index in [9.17, 15) is 8.42 Å². The Morgan fingerprint density at radius 3 is 2.44 bits per heavy atom. The zero-order valence-electron chi connectivity index (χ0n) is 10.9. The summed E-state index contributed by atoms with van der Waals surface area (Å²) in [5, 5.41) is 0. The van der Waals surface area contributed by atoms with Crippen molar-refractivity contribution in [1.29, 1.82) is 0 Å². The van der Waals surface area contributed by atoms with Crippen molar-refractivity contribution in [2.24, 2.45) is 0 Å². The van der Waals surface area contributed by atoms with Crippen molar-refractivity contribution in [3.8, 4) is 0 Å². The first-order chi connectivity index (χ1) is 8.46. The highest BCUT2D eigenvalue weighted by Crippen LogP contribution is 2.36. The largest absolute Gasteiger partial charge is 0.267 e. The van der Waals surface area contributed by atoms with E-state index in [-0.39, 0.29) is 6.04 Å². The van der Waals surface area contributed by atoms with Crippen molar-refractivity contribution in [1.82, 2.24) is 4.31 Å². The highest BCUT2D eigenvalue weighted by Gasteiger charge is 2.39. The number of aryl methyl sites for hydroxylation is 1. The molecule has 1 aromatic carbocycles. The summed E-state index contributed by atoms with van der Waals surface area (Å²) in [7, 11) is -3.41. The number of sulfonamides is 1. The Hall–Kier alpha value is -1.29. The highest BCUT2D eigenvalue weighted by atomic mass is 32.2. The molecule has 0 bridgehead atoms. The Balaban J connectivity index is 2.30. The van der Waals surface area contributed by atoms with Crippen molar-refractivity contribution >= 4 is 10.0 Å². The van der Waals surface area contributed by atoms with Crippen LogP contribution in [-0.2, 0) is 10.0 Å². The molecule has 98 valence electrons. The molecule has 2 rings (SSSR count). The van der Waals surface area contributed by atoms with E-state index < -0.39 is 10.0 Å². The summed E-state index contributed by atoms with van der Waals surface area (Å²) < 4.78 is 26.5. The van der Waals surface area contributed by atoms with Crippen LogP contribution in [0, 0.1) is 6.92 Å². The van der Waals surface area contributed by atoms with Gasteiger partial charge in [0.1, 0.15) is 0 Å². The molecule has 1 fully saturated rings. The average molecular weight is 265 g/mol. The second-order valence-corrected chi connectivity index (χ2v) is 6.64. The second-order valence-electron chi connectivity index (χ2n) is 4.83. The van der Waals surface area contributed by atoms with Crippen molar-refractivity contribution < 1.29 is 8.42 Å². The molecule has 18 heavy (non-hydrogen) atoms. The van der Waals surface area contributed by atoms with Gasteiger partial charge in [0.25, 0.3) is 10.0 Å². The first kappa shape index (κ1) is 13.1. The van der Waals surface area contributed by atoms with E-state index in [1.165, 1.54) is 4.31 Å². The molecule has 0 saturated carbocycles. The third-order valence-corrected chi connectivity index (χ3v) is 5.26. The lowest BCUT2D eigenvalue weighted by molar-refractivity contribution is 0.256. The number of hydrogen-bond acceptors (Lipinski definition) is 2. The summed E-state index contributed by atoms with van der Waals surface area (Å²) >= 11 is 0. The van der Waals surface area contributed by atoms with E-state index >= 15 is 0 Å². The van der Waals surface area contributed by atoms with Gasteiger partial charge in [-0.2, -0.15) is 0 Å². The smallest absolute Gasteiger partial charge is 0.264 e. The van der Waals surface area contributed by atoms with Gasteiger partial charge in [-0.05, 0) is 25.5 Å². The van der Waals surface area contributed by atoms with Crippen molar-refractivity contribution in [3.05, 3.63) is 42.1 Å². The molecular weight excluding hydrogens is 246 g/mol. The second kappa shape index (κ2) is 4.76. The van der Waals surface area contributed by atoms with Crippen molar-refractivity contribution in [2.75, 3.05) is 0 Å². The zero-order valence-corrected chi connectivity index (χ0v) is 11.7. The van der Waals surface area contributed by atoms with Crippen LogP contribution in [0.25, 0.3) is 0 Å². The Morgan fingerprint density at radius 1 is 1.33 bits per heavy atom. The Bertz CT molecular complexity index is 546. The van der Waals surface area contributed by atoms with E-state index in [0.29, 0.717) is 10.6 Å². The Kier molecular flexibility index (Phi) is 3.48. The molecule has 0 aromatic heterocycles. The molecule has 0 spiro atoms. The number of nitrogens with zero attached hydrogens (tertiary/aromatic N) is 1. The fraction of sp³-hybridized carbons (Fsp3) is 0.429. The summed E-state index contributed by atoms with van der Waals surface area (Å²) in [6.45, 7) is 7.84. The van der Waals surface area contributed by atoms with Gasteiger partial charge in [0, 0.05) is 12.1 Å². The number of benzene rings is 1. The lowest BCUT2D eigenvalue weighted by Gasteiger charge is -2.43. The van der Waals surface area contributed by atoms with Crippen molar-refractivity contribution in [3.63, 3.8) is 0 Å². The van der Waals surface area contributed by atoms with E-state index in [1.807, 2.05) is 19.1 Å². The lowest BCUT2D eigenvalue weighted by atomic mass is 9.99.